The van der Waals surface area contributed by atoms with Crippen molar-refractivity contribution >= 4 is 22.9 Å². The lowest BCUT2D eigenvalue weighted by Crippen LogP contribution is -2.48. The van der Waals surface area contributed by atoms with Crippen LogP contribution in [0.1, 0.15) is 17.4 Å². The number of hydrogen-bond acceptors (Lipinski definition) is 6. The molecule has 10 heteroatoms. The molecule has 1 aliphatic rings. The molecule has 1 aliphatic heterocycles. The second kappa shape index (κ2) is 7.36. The Hall–Kier alpha value is -2.72. The molecule has 146 valence electrons. The van der Waals surface area contributed by atoms with Crippen LogP contribution in [0.5, 0.6) is 0 Å². The number of thiophene rings is 1. The molecule has 0 atom stereocenters. The van der Waals surface area contributed by atoms with Crippen LogP contribution in [0, 0.1) is 0 Å². The number of carbonyl (C=O) groups excluding carboxylic acids is 1. The maximum atomic E-state index is 12.6. The minimum absolute atomic E-state index is 0.0695. The molecule has 0 radical (unpaired) electrons. The Bertz CT molecular complexity index is 948. The summed E-state index contributed by atoms with van der Waals surface area (Å²) in [6.45, 7) is 1.35. The maximum Gasteiger partial charge on any atom is 0.416 e. The molecule has 3 aromatic rings. The first-order chi connectivity index (χ1) is 13.4. The molecule has 0 bridgehead atoms. The van der Waals surface area contributed by atoms with Crippen LogP contribution in [0.2, 0.25) is 0 Å². The van der Waals surface area contributed by atoms with E-state index in [0.717, 1.165) is 17.0 Å². The second-order valence-corrected chi connectivity index (χ2v) is 7.40. The topological polar surface area (TPSA) is 71.3 Å². The predicted molar refractivity (Wildman–Crippen MR) is 96.9 cm³/mol. The van der Waals surface area contributed by atoms with Gasteiger partial charge in [-0.1, -0.05) is 11.2 Å². The molecule has 1 N–H and O–H groups in total. The fraction of sp³-hybridized carbons (Fsp3) is 0.278. The van der Waals surface area contributed by atoms with Gasteiger partial charge in [0, 0.05) is 18.8 Å². The van der Waals surface area contributed by atoms with Gasteiger partial charge in [0.05, 0.1) is 22.9 Å². The highest BCUT2D eigenvalue weighted by Gasteiger charge is 2.34. The van der Waals surface area contributed by atoms with Crippen molar-refractivity contribution in [3.63, 3.8) is 0 Å². The molecule has 0 unspecified atom stereocenters. The molecular weight excluding hydrogens is 393 g/mol. The number of aromatic nitrogens is 2. The Morgan fingerprint density at radius 1 is 1.25 bits per heavy atom. The van der Waals surface area contributed by atoms with Crippen molar-refractivity contribution in [2.75, 3.05) is 25.0 Å². The normalized spacial score (nSPS) is 15.4. The number of nitrogens with one attached hydrogen (secondary N) is 1. The molecule has 0 spiro atoms. The van der Waals surface area contributed by atoms with Gasteiger partial charge in [-0.25, -0.2) is 0 Å². The Balaban J connectivity index is 1.26. The molecule has 1 fully saturated rings. The minimum atomic E-state index is -4.40. The molecule has 4 rings (SSSR count). The number of benzene rings is 1. The van der Waals surface area contributed by atoms with Crippen LogP contribution < -0.4 is 5.32 Å². The van der Waals surface area contributed by atoms with E-state index in [9.17, 15) is 18.0 Å². The molecule has 1 amide bonds. The van der Waals surface area contributed by atoms with E-state index in [-0.39, 0.29) is 18.4 Å². The van der Waals surface area contributed by atoms with Crippen molar-refractivity contribution in [2.45, 2.75) is 12.1 Å². The molecule has 28 heavy (non-hydrogen) atoms. The number of halogens is 3. The Morgan fingerprint density at radius 2 is 2.00 bits per heavy atom. The van der Waals surface area contributed by atoms with Crippen LogP contribution in [-0.4, -0.2) is 40.6 Å². The molecule has 3 heterocycles. The van der Waals surface area contributed by atoms with E-state index in [0.29, 0.717) is 30.5 Å². The van der Waals surface area contributed by atoms with E-state index in [2.05, 4.69) is 15.5 Å². The van der Waals surface area contributed by atoms with Gasteiger partial charge in [0.25, 0.3) is 0 Å². The van der Waals surface area contributed by atoms with Crippen molar-refractivity contribution in [2.24, 2.45) is 0 Å². The monoisotopic (exact) mass is 408 g/mol. The molecule has 1 saturated heterocycles. The van der Waals surface area contributed by atoms with Crippen LogP contribution in [0.3, 0.4) is 0 Å². The van der Waals surface area contributed by atoms with E-state index in [1.54, 1.807) is 0 Å². The lowest BCUT2D eigenvalue weighted by molar-refractivity contribution is -0.137. The number of hydrogen-bond donors (Lipinski definition) is 1. The number of rotatable bonds is 5. The summed E-state index contributed by atoms with van der Waals surface area (Å²) in [5.41, 5.74) is -0.426. The third kappa shape index (κ3) is 4.07. The summed E-state index contributed by atoms with van der Waals surface area (Å²) in [6.07, 6.45) is -4.40. The van der Waals surface area contributed by atoms with Crippen LogP contribution in [0.4, 0.5) is 18.9 Å². The van der Waals surface area contributed by atoms with Gasteiger partial charge in [0.1, 0.15) is 0 Å². The quantitative estimate of drug-likeness (QED) is 0.694. The first-order valence-electron chi connectivity index (χ1n) is 8.45. The van der Waals surface area contributed by atoms with Crippen molar-refractivity contribution in [3.8, 4) is 10.7 Å². The molecule has 6 nitrogen and oxygen atoms in total. The predicted octanol–water partition coefficient (Wildman–Crippen LogP) is 3.85. The van der Waals surface area contributed by atoms with Gasteiger partial charge in [-0.15, -0.1) is 11.3 Å². The molecule has 0 aliphatic carbocycles. The van der Waals surface area contributed by atoms with Crippen molar-refractivity contribution in [3.05, 3.63) is 53.2 Å². The second-order valence-electron chi connectivity index (χ2n) is 6.45. The first-order valence-corrected chi connectivity index (χ1v) is 9.33. The number of amides is 1. The number of likely N-dealkylation sites (tertiary alicyclic amines) is 1. The summed E-state index contributed by atoms with van der Waals surface area (Å²) in [5, 5.41) is 8.51. The third-order valence-corrected chi connectivity index (χ3v) is 5.22. The fourth-order valence-electron chi connectivity index (χ4n) is 2.91. The van der Waals surface area contributed by atoms with Crippen molar-refractivity contribution < 1.29 is 22.5 Å². The van der Waals surface area contributed by atoms with Gasteiger partial charge >= 0.3 is 6.18 Å². The van der Waals surface area contributed by atoms with Gasteiger partial charge in [-0.05, 0) is 35.7 Å². The molecule has 2 aromatic heterocycles. The molecule has 0 saturated carbocycles. The standard InChI is InChI=1S/C18H15F3N4O2S/c19-18(20,21)12-3-5-13(6-4-12)22-15(26)10-25-8-11(9-25)17-23-16(24-27-17)14-2-1-7-28-14/h1-7,11H,8-10H2,(H,22,26). The number of alkyl halides is 3. The first kappa shape index (κ1) is 18.6. The van der Waals surface area contributed by atoms with Gasteiger partial charge < -0.3 is 9.84 Å². The average molecular weight is 408 g/mol. The lowest BCUT2D eigenvalue weighted by Gasteiger charge is -2.36. The highest BCUT2D eigenvalue weighted by atomic mass is 32.1. The zero-order valence-corrected chi connectivity index (χ0v) is 15.3. The number of carbonyl (C=O) groups is 1. The average Bonchev–Trinajstić information content (AvgIpc) is 3.28. The number of anilines is 1. The fourth-order valence-corrected chi connectivity index (χ4v) is 3.56. The zero-order valence-electron chi connectivity index (χ0n) is 14.4. The van der Waals surface area contributed by atoms with Gasteiger partial charge in [-0.3, -0.25) is 9.69 Å². The van der Waals surface area contributed by atoms with E-state index < -0.39 is 11.7 Å². The molecular formula is C18H15F3N4O2S. The Labute approximate surface area is 162 Å². The van der Waals surface area contributed by atoms with E-state index in [1.807, 2.05) is 22.4 Å². The maximum absolute atomic E-state index is 12.6. The van der Waals surface area contributed by atoms with E-state index in [1.165, 1.54) is 23.5 Å². The summed E-state index contributed by atoms with van der Waals surface area (Å²) >= 11 is 1.53. The summed E-state index contributed by atoms with van der Waals surface area (Å²) in [7, 11) is 0. The highest BCUT2D eigenvalue weighted by Crippen LogP contribution is 2.30. The third-order valence-electron chi connectivity index (χ3n) is 4.35. The summed E-state index contributed by atoms with van der Waals surface area (Å²) in [6, 6.07) is 8.19. The van der Waals surface area contributed by atoms with Gasteiger partial charge in [0.2, 0.25) is 17.6 Å². The summed E-state index contributed by atoms with van der Waals surface area (Å²) in [5.74, 6) is 0.884. The van der Waals surface area contributed by atoms with Crippen LogP contribution in [0.25, 0.3) is 10.7 Å². The van der Waals surface area contributed by atoms with E-state index in [4.69, 9.17) is 4.52 Å². The largest absolute Gasteiger partial charge is 0.416 e. The van der Waals surface area contributed by atoms with E-state index >= 15 is 0 Å². The Morgan fingerprint density at radius 3 is 2.64 bits per heavy atom. The van der Waals surface area contributed by atoms with Crippen molar-refractivity contribution in [1.82, 2.24) is 15.0 Å². The lowest BCUT2D eigenvalue weighted by atomic mass is 10.0. The SMILES string of the molecule is O=C(CN1CC(c2nc(-c3cccs3)no2)C1)Nc1ccc(C(F)(F)F)cc1. The highest BCUT2D eigenvalue weighted by molar-refractivity contribution is 7.13. The summed E-state index contributed by atoms with van der Waals surface area (Å²) < 4.78 is 43.0. The van der Waals surface area contributed by atoms with Crippen molar-refractivity contribution in [1.29, 1.82) is 0 Å². The Kier molecular flexibility index (Phi) is 4.90. The zero-order chi connectivity index (χ0) is 19.7. The summed E-state index contributed by atoms with van der Waals surface area (Å²) in [4.78, 5) is 19.3. The van der Waals surface area contributed by atoms with Gasteiger partial charge in [0.15, 0.2) is 0 Å². The molecule has 1 aromatic carbocycles. The van der Waals surface area contributed by atoms with Gasteiger partial charge in [-0.2, -0.15) is 18.2 Å². The van der Waals surface area contributed by atoms with Crippen LogP contribution in [0.15, 0.2) is 46.3 Å². The minimum Gasteiger partial charge on any atom is -0.339 e. The smallest absolute Gasteiger partial charge is 0.339 e. The number of nitrogens with zero attached hydrogens (tertiary/aromatic N) is 3. The van der Waals surface area contributed by atoms with Crippen LogP contribution >= 0.6 is 11.3 Å². The van der Waals surface area contributed by atoms with Crippen LogP contribution in [-0.2, 0) is 11.0 Å².